The lowest BCUT2D eigenvalue weighted by Gasteiger charge is -2.24. The van der Waals surface area contributed by atoms with Crippen LogP contribution in [0.3, 0.4) is 0 Å². The third-order valence-electron chi connectivity index (χ3n) is 4.29. The van der Waals surface area contributed by atoms with Crippen molar-refractivity contribution < 1.29 is 5.11 Å². The minimum atomic E-state index is -1.06. The van der Waals surface area contributed by atoms with E-state index in [0.717, 1.165) is 29.9 Å². The van der Waals surface area contributed by atoms with Gasteiger partial charge in [0.05, 0.1) is 0 Å². The van der Waals surface area contributed by atoms with Crippen LogP contribution in [0.15, 0.2) is 36.4 Å². The maximum absolute atomic E-state index is 10.7. The molecule has 2 heterocycles. The number of benzene rings is 1. The third kappa shape index (κ3) is 2.95. The summed E-state index contributed by atoms with van der Waals surface area (Å²) in [6.45, 7) is 2.06. The summed E-state index contributed by atoms with van der Waals surface area (Å²) in [5.74, 6) is 2.05. The molecule has 7 heteroatoms. The molecular formula is C17H18ClN5O. The van der Waals surface area contributed by atoms with Crippen molar-refractivity contribution in [2.75, 3.05) is 11.9 Å². The number of hydrogen-bond donors (Lipinski definition) is 2. The lowest BCUT2D eigenvalue weighted by atomic mass is 9.96. The highest BCUT2D eigenvalue weighted by molar-refractivity contribution is 6.30. The molecule has 0 bridgehead atoms. The predicted molar refractivity (Wildman–Crippen MR) is 92.3 cm³/mol. The Morgan fingerprint density at radius 1 is 1.29 bits per heavy atom. The Kier molecular flexibility index (Phi) is 3.66. The molecule has 1 aliphatic carbocycles. The van der Waals surface area contributed by atoms with Gasteiger partial charge in [0.15, 0.2) is 11.5 Å². The smallest absolute Gasteiger partial charge is 0.178 e. The van der Waals surface area contributed by atoms with Crippen LogP contribution in [0.2, 0.25) is 5.02 Å². The molecule has 1 saturated carbocycles. The summed E-state index contributed by atoms with van der Waals surface area (Å²) < 4.78 is 1.79. The Morgan fingerprint density at radius 2 is 2.12 bits per heavy atom. The number of hydrogen-bond acceptors (Lipinski definition) is 5. The van der Waals surface area contributed by atoms with Crippen molar-refractivity contribution in [2.45, 2.75) is 31.3 Å². The van der Waals surface area contributed by atoms with Crippen molar-refractivity contribution in [3.63, 3.8) is 0 Å². The van der Waals surface area contributed by atoms with E-state index in [2.05, 4.69) is 20.6 Å². The Labute approximate surface area is 144 Å². The number of nitrogens with one attached hydrogen (secondary N) is 1. The topological polar surface area (TPSA) is 75.3 Å². The average molecular weight is 344 g/mol. The summed E-state index contributed by atoms with van der Waals surface area (Å²) in [6.07, 6.45) is 2.28. The highest BCUT2D eigenvalue weighted by Gasteiger charge is 2.29. The van der Waals surface area contributed by atoms with Crippen LogP contribution in [0.4, 0.5) is 5.82 Å². The fourth-order valence-electron chi connectivity index (χ4n) is 2.68. The summed E-state index contributed by atoms with van der Waals surface area (Å²) in [5, 5.41) is 27.4. The van der Waals surface area contributed by atoms with Gasteiger partial charge in [-0.2, -0.15) is 4.52 Å². The number of anilines is 1. The molecule has 1 unspecified atom stereocenters. The fourth-order valence-corrected chi connectivity index (χ4v) is 2.87. The first kappa shape index (κ1) is 15.4. The molecule has 0 aliphatic heterocycles. The second kappa shape index (κ2) is 5.72. The standard InChI is InChI=1S/C17H18ClN5O/c1-17(24,12-3-2-4-13(18)9-12)10-19-14-7-8-15-20-21-16(11-5-6-11)23(15)22-14/h2-4,7-9,11,24H,5-6,10H2,1H3,(H,19,22). The van der Waals surface area contributed by atoms with Gasteiger partial charge in [-0.15, -0.1) is 15.3 Å². The van der Waals surface area contributed by atoms with Crippen molar-refractivity contribution in [3.05, 3.63) is 52.8 Å². The Bertz CT molecular complexity index is 888. The normalized spacial score (nSPS) is 17.0. The molecule has 24 heavy (non-hydrogen) atoms. The van der Waals surface area contributed by atoms with Crippen LogP contribution in [-0.4, -0.2) is 31.5 Å². The zero-order valence-corrected chi connectivity index (χ0v) is 14.0. The maximum atomic E-state index is 10.7. The molecule has 0 spiro atoms. The van der Waals surface area contributed by atoms with Crippen LogP contribution < -0.4 is 5.32 Å². The van der Waals surface area contributed by atoms with Gasteiger partial charge < -0.3 is 10.4 Å². The molecule has 1 aliphatic rings. The van der Waals surface area contributed by atoms with Gasteiger partial charge in [0.1, 0.15) is 11.4 Å². The summed E-state index contributed by atoms with van der Waals surface area (Å²) in [5.41, 5.74) is 0.434. The van der Waals surface area contributed by atoms with Gasteiger partial charge in [-0.25, -0.2) is 0 Å². The SMILES string of the molecule is CC(O)(CNc1ccc2nnc(C3CC3)n2n1)c1cccc(Cl)c1. The molecule has 0 amide bonds. The van der Waals surface area contributed by atoms with E-state index in [1.54, 1.807) is 23.6 Å². The first-order valence-corrected chi connectivity index (χ1v) is 8.35. The molecule has 1 atom stereocenters. The molecule has 0 radical (unpaired) electrons. The van der Waals surface area contributed by atoms with Crippen molar-refractivity contribution >= 4 is 23.1 Å². The van der Waals surface area contributed by atoms with Gasteiger partial charge in [-0.1, -0.05) is 23.7 Å². The highest BCUT2D eigenvalue weighted by Crippen LogP contribution is 2.38. The molecule has 124 valence electrons. The lowest BCUT2D eigenvalue weighted by Crippen LogP contribution is -2.31. The molecule has 3 aromatic rings. The van der Waals surface area contributed by atoms with E-state index in [-0.39, 0.29) is 0 Å². The van der Waals surface area contributed by atoms with Crippen LogP contribution in [0.5, 0.6) is 0 Å². The Hall–Kier alpha value is -2.18. The largest absolute Gasteiger partial charge is 0.384 e. The van der Waals surface area contributed by atoms with Crippen LogP contribution in [0, 0.1) is 0 Å². The molecule has 4 rings (SSSR count). The van der Waals surface area contributed by atoms with Gasteiger partial charge >= 0.3 is 0 Å². The zero-order valence-electron chi connectivity index (χ0n) is 13.3. The molecule has 1 aromatic carbocycles. The average Bonchev–Trinajstić information content (AvgIpc) is 3.32. The van der Waals surface area contributed by atoms with Gasteiger partial charge in [0, 0.05) is 17.5 Å². The number of halogens is 1. The minimum Gasteiger partial charge on any atom is -0.384 e. The Balaban J connectivity index is 1.54. The van der Waals surface area contributed by atoms with Crippen LogP contribution >= 0.6 is 11.6 Å². The second-order valence-corrected chi connectivity index (χ2v) is 6.90. The highest BCUT2D eigenvalue weighted by atomic mass is 35.5. The van der Waals surface area contributed by atoms with Crippen molar-refractivity contribution in [1.82, 2.24) is 19.8 Å². The monoisotopic (exact) mass is 343 g/mol. The summed E-state index contributed by atoms with van der Waals surface area (Å²) in [7, 11) is 0. The van der Waals surface area contributed by atoms with Crippen molar-refractivity contribution in [2.24, 2.45) is 0 Å². The quantitative estimate of drug-likeness (QED) is 0.745. The molecule has 2 N–H and O–H groups in total. The maximum Gasteiger partial charge on any atom is 0.178 e. The van der Waals surface area contributed by atoms with E-state index in [4.69, 9.17) is 11.6 Å². The van der Waals surface area contributed by atoms with E-state index in [1.165, 1.54) is 0 Å². The van der Waals surface area contributed by atoms with Gasteiger partial charge in [0.2, 0.25) is 0 Å². The van der Waals surface area contributed by atoms with Gasteiger partial charge in [-0.05, 0) is 49.6 Å². The Morgan fingerprint density at radius 3 is 2.88 bits per heavy atom. The zero-order chi connectivity index (χ0) is 16.7. The summed E-state index contributed by atoms with van der Waals surface area (Å²) >= 11 is 6.01. The molecule has 6 nitrogen and oxygen atoms in total. The van der Waals surface area contributed by atoms with Gasteiger partial charge in [-0.3, -0.25) is 0 Å². The van der Waals surface area contributed by atoms with Crippen LogP contribution in [-0.2, 0) is 5.60 Å². The van der Waals surface area contributed by atoms with Crippen molar-refractivity contribution in [3.8, 4) is 0 Å². The summed E-state index contributed by atoms with van der Waals surface area (Å²) in [6, 6.07) is 11.0. The second-order valence-electron chi connectivity index (χ2n) is 6.46. The number of aliphatic hydroxyl groups is 1. The van der Waals surface area contributed by atoms with E-state index in [1.807, 2.05) is 24.3 Å². The van der Waals surface area contributed by atoms with E-state index in [0.29, 0.717) is 23.3 Å². The first-order valence-electron chi connectivity index (χ1n) is 7.97. The molecular weight excluding hydrogens is 326 g/mol. The number of fused-ring (bicyclic) bond motifs is 1. The fraction of sp³-hybridized carbons (Fsp3) is 0.353. The third-order valence-corrected chi connectivity index (χ3v) is 4.52. The molecule has 0 saturated heterocycles. The van der Waals surface area contributed by atoms with Crippen LogP contribution in [0.25, 0.3) is 5.65 Å². The van der Waals surface area contributed by atoms with E-state index < -0.39 is 5.60 Å². The molecule has 2 aromatic heterocycles. The number of aromatic nitrogens is 4. The predicted octanol–water partition coefficient (Wildman–Crippen LogP) is 2.97. The van der Waals surface area contributed by atoms with Gasteiger partial charge in [0.25, 0.3) is 0 Å². The minimum absolute atomic E-state index is 0.312. The summed E-state index contributed by atoms with van der Waals surface area (Å²) in [4.78, 5) is 0. The van der Waals surface area contributed by atoms with Crippen LogP contribution in [0.1, 0.15) is 37.1 Å². The van der Waals surface area contributed by atoms with E-state index in [9.17, 15) is 5.11 Å². The first-order chi connectivity index (χ1) is 11.5. The number of rotatable bonds is 5. The molecule has 1 fully saturated rings. The number of nitrogens with zero attached hydrogens (tertiary/aromatic N) is 4. The van der Waals surface area contributed by atoms with Crippen molar-refractivity contribution in [1.29, 1.82) is 0 Å². The van der Waals surface area contributed by atoms with E-state index >= 15 is 0 Å². The lowest BCUT2D eigenvalue weighted by molar-refractivity contribution is 0.0714.